The van der Waals surface area contributed by atoms with Gasteiger partial charge in [0, 0.05) is 18.1 Å². The van der Waals surface area contributed by atoms with Gasteiger partial charge < -0.3 is 20.4 Å². The average Bonchev–Trinajstić information content (AvgIpc) is 3.16. The molecule has 6 heteroatoms. The maximum absolute atomic E-state index is 12.2. The number of carbonyl (C=O) groups excluding carboxylic acids is 1. The van der Waals surface area contributed by atoms with Crippen molar-refractivity contribution in [1.29, 1.82) is 0 Å². The van der Waals surface area contributed by atoms with E-state index in [1.807, 2.05) is 36.5 Å². The third-order valence-corrected chi connectivity index (χ3v) is 4.54. The molecule has 0 spiro atoms. The van der Waals surface area contributed by atoms with Gasteiger partial charge in [0.2, 0.25) is 0 Å². The topological polar surface area (TPSA) is 79.0 Å². The number of hydrogen-bond acceptors (Lipinski definition) is 5. The molecule has 3 N–H and O–H groups in total. The molecule has 132 valence electrons. The number of aromatic nitrogens is 2. The highest BCUT2D eigenvalue weighted by atomic mass is 16.5. The molecule has 0 saturated carbocycles. The molecule has 6 nitrogen and oxygen atoms in total. The fourth-order valence-corrected chi connectivity index (χ4v) is 3.18. The van der Waals surface area contributed by atoms with Gasteiger partial charge in [-0.3, -0.25) is 0 Å². The molecule has 0 bridgehead atoms. The molecule has 0 radical (unpaired) electrons. The van der Waals surface area contributed by atoms with Gasteiger partial charge in [-0.15, -0.1) is 0 Å². The third-order valence-electron chi connectivity index (χ3n) is 4.54. The highest BCUT2D eigenvalue weighted by Gasteiger charge is 2.15. The Labute approximate surface area is 151 Å². The lowest BCUT2D eigenvalue weighted by atomic mass is 9.98. The highest BCUT2D eigenvalue weighted by molar-refractivity contribution is 5.97. The van der Waals surface area contributed by atoms with E-state index in [1.54, 1.807) is 6.20 Å². The van der Waals surface area contributed by atoms with Crippen LogP contribution < -0.4 is 10.6 Å². The van der Waals surface area contributed by atoms with Crippen LogP contribution in [0.25, 0.3) is 16.6 Å². The summed E-state index contributed by atoms with van der Waals surface area (Å²) >= 11 is 0. The van der Waals surface area contributed by atoms with Gasteiger partial charge in [0.25, 0.3) is 0 Å². The van der Waals surface area contributed by atoms with Crippen molar-refractivity contribution in [2.24, 2.45) is 0 Å². The Kier molecular flexibility index (Phi) is 4.41. The number of H-pyrrole nitrogens is 1. The fourth-order valence-electron chi connectivity index (χ4n) is 3.18. The van der Waals surface area contributed by atoms with Crippen LogP contribution in [-0.4, -0.2) is 36.1 Å². The lowest BCUT2D eigenvalue weighted by molar-refractivity contribution is 0.0602. The van der Waals surface area contributed by atoms with Crippen LogP contribution in [0, 0.1) is 0 Å². The van der Waals surface area contributed by atoms with Crippen LogP contribution in [0.5, 0.6) is 0 Å². The van der Waals surface area contributed by atoms with Crippen molar-refractivity contribution in [2.75, 3.05) is 25.5 Å². The minimum atomic E-state index is -0.367. The largest absolute Gasteiger partial charge is 0.465 e. The molecular formula is C20H20N4O2. The second-order valence-corrected chi connectivity index (χ2v) is 6.20. The summed E-state index contributed by atoms with van der Waals surface area (Å²) in [6.45, 7) is 1.83. The Morgan fingerprint density at radius 2 is 2.19 bits per heavy atom. The molecule has 0 aliphatic carbocycles. The zero-order valence-electron chi connectivity index (χ0n) is 14.5. The minimum Gasteiger partial charge on any atom is -0.465 e. The summed E-state index contributed by atoms with van der Waals surface area (Å²) in [5.41, 5.74) is 5.25. The van der Waals surface area contributed by atoms with Crippen LogP contribution in [0.15, 0.2) is 48.8 Å². The second-order valence-electron chi connectivity index (χ2n) is 6.20. The molecule has 1 aliphatic rings. The van der Waals surface area contributed by atoms with Gasteiger partial charge in [0.05, 0.1) is 30.2 Å². The quantitative estimate of drug-likeness (QED) is 0.629. The number of fused-ring (bicyclic) bond motifs is 1. The Morgan fingerprint density at radius 3 is 3.00 bits per heavy atom. The van der Waals surface area contributed by atoms with Gasteiger partial charge in [0.15, 0.2) is 0 Å². The maximum Gasteiger partial charge on any atom is 0.339 e. The van der Waals surface area contributed by atoms with Gasteiger partial charge in [-0.25, -0.2) is 9.78 Å². The zero-order chi connectivity index (χ0) is 17.9. The van der Waals surface area contributed by atoms with Gasteiger partial charge >= 0.3 is 5.97 Å². The van der Waals surface area contributed by atoms with Crippen molar-refractivity contribution in [2.45, 2.75) is 6.42 Å². The Morgan fingerprint density at radius 1 is 1.27 bits per heavy atom. The number of ether oxygens (including phenoxy) is 1. The maximum atomic E-state index is 12.2. The lowest BCUT2D eigenvalue weighted by Crippen LogP contribution is -2.20. The Hall–Kier alpha value is -3.12. The van der Waals surface area contributed by atoms with Gasteiger partial charge in [-0.05, 0) is 48.4 Å². The van der Waals surface area contributed by atoms with Gasteiger partial charge in [-0.2, -0.15) is 0 Å². The number of nitrogens with zero attached hydrogens (tertiary/aromatic N) is 1. The number of anilines is 2. The SMILES string of the molecule is COC(=O)c1ccc(C2=CCNCC2)cc1Nc1cnc2[nH]ccc2c1. The molecular weight excluding hydrogens is 328 g/mol. The first-order chi connectivity index (χ1) is 12.7. The number of nitrogens with one attached hydrogen (secondary N) is 3. The predicted octanol–water partition coefficient (Wildman–Crippen LogP) is 3.47. The number of methoxy groups -OCH3 is 1. The molecule has 2 aromatic heterocycles. The van der Waals surface area contributed by atoms with Gasteiger partial charge in [0.1, 0.15) is 5.65 Å². The van der Waals surface area contributed by atoms with Crippen molar-refractivity contribution in [3.05, 3.63) is 59.9 Å². The molecule has 0 unspecified atom stereocenters. The Bertz CT molecular complexity index is 990. The summed E-state index contributed by atoms with van der Waals surface area (Å²) in [6, 6.07) is 9.75. The number of esters is 1. The molecule has 0 saturated heterocycles. The summed E-state index contributed by atoms with van der Waals surface area (Å²) in [5.74, 6) is -0.367. The van der Waals surface area contributed by atoms with E-state index in [0.717, 1.165) is 41.8 Å². The van der Waals surface area contributed by atoms with Crippen LogP contribution in [0.1, 0.15) is 22.3 Å². The molecule has 0 atom stereocenters. The molecule has 4 rings (SSSR count). The number of rotatable bonds is 4. The summed E-state index contributed by atoms with van der Waals surface area (Å²) in [6.07, 6.45) is 6.75. The van der Waals surface area contributed by atoms with Crippen LogP contribution in [0.4, 0.5) is 11.4 Å². The van der Waals surface area contributed by atoms with Crippen LogP contribution in [0.2, 0.25) is 0 Å². The predicted molar refractivity (Wildman–Crippen MR) is 103 cm³/mol. The van der Waals surface area contributed by atoms with Crippen molar-refractivity contribution in [3.63, 3.8) is 0 Å². The van der Waals surface area contributed by atoms with Crippen molar-refractivity contribution < 1.29 is 9.53 Å². The molecule has 3 aromatic rings. The molecule has 26 heavy (non-hydrogen) atoms. The zero-order valence-corrected chi connectivity index (χ0v) is 14.5. The first kappa shape index (κ1) is 16.4. The summed E-state index contributed by atoms with van der Waals surface area (Å²) in [5, 5.41) is 7.65. The lowest BCUT2D eigenvalue weighted by Gasteiger charge is -2.17. The first-order valence-corrected chi connectivity index (χ1v) is 8.57. The monoisotopic (exact) mass is 348 g/mol. The number of aromatic amines is 1. The molecule has 1 aliphatic heterocycles. The standard InChI is InChI=1S/C20H20N4O2/c1-26-20(25)17-3-2-14(13-4-7-21-8-5-13)11-18(17)24-16-10-15-6-9-22-19(15)23-12-16/h2-4,6,9-12,21,24H,5,7-8H2,1H3,(H,22,23). The normalized spacial score (nSPS) is 14.1. The van der Waals surface area contributed by atoms with E-state index in [1.165, 1.54) is 12.7 Å². The number of hydrogen-bond donors (Lipinski definition) is 3. The molecule has 3 heterocycles. The van der Waals surface area contributed by atoms with E-state index >= 15 is 0 Å². The summed E-state index contributed by atoms with van der Waals surface area (Å²) in [7, 11) is 1.39. The van der Waals surface area contributed by atoms with E-state index in [-0.39, 0.29) is 5.97 Å². The van der Waals surface area contributed by atoms with E-state index in [4.69, 9.17) is 4.74 Å². The van der Waals surface area contributed by atoms with Crippen LogP contribution in [-0.2, 0) is 4.74 Å². The fraction of sp³-hybridized carbons (Fsp3) is 0.200. The molecule has 0 fully saturated rings. The van der Waals surface area contributed by atoms with E-state index in [2.05, 4.69) is 26.7 Å². The van der Waals surface area contributed by atoms with E-state index in [9.17, 15) is 4.79 Å². The number of pyridine rings is 1. The summed E-state index contributed by atoms with van der Waals surface area (Å²) in [4.78, 5) is 19.6. The highest BCUT2D eigenvalue weighted by Crippen LogP contribution is 2.29. The number of carbonyl (C=O) groups is 1. The molecule has 0 amide bonds. The second kappa shape index (κ2) is 7.01. The number of benzene rings is 1. The van der Waals surface area contributed by atoms with Crippen molar-refractivity contribution in [3.8, 4) is 0 Å². The average molecular weight is 348 g/mol. The van der Waals surface area contributed by atoms with Crippen molar-refractivity contribution in [1.82, 2.24) is 15.3 Å². The van der Waals surface area contributed by atoms with E-state index in [0.29, 0.717) is 11.3 Å². The summed E-state index contributed by atoms with van der Waals surface area (Å²) < 4.78 is 4.93. The van der Waals surface area contributed by atoms with Crippen molar-refractivity contribution >= 4 is 34.0 Å². The van der Waals surface area contributed by atoms with Crippen LogP contribution in [0.3, 0.4) is 0 Å². The van der Waals surface area contributed by atoms with Gasteiger partial charge in [-0.1, -0.05) is 12.1 Å². The minimum absolute atomic E-state index is 0.367. The Balaban J connectivity index is 1.73. The molecule has 1 aromatic carbocycles. The smallest absolute Gasteiger partial charge is 0.339 e. The third kappa shape index (κ3) is 3.19. The van der Waals surface area contributed by atoms with E-state index < -0.39 is 0 Å². The van der Waals surface area contributed by atoms with Crippen LogP contribution >= 0.6 is 0 Å². The first-order valence-electron chi connectivity index (χ1n) is 8.57.